The average molecular weight is 208 g/mol. The molecule has 1 aliphatic carbocycles. The smallest absolute Gasteiger partial charge is 0.310 e. The zero-order chi connectivity index (χ0) is 10.9. The number of hydrogen-bond donors (Lipinski definition) is 1. The molecule has 1 heterocycles. The number of aliphatic carboxylic acids is 1. The summed E-state index contributed by atoms with van der Waals surface area (Å²) in [6, 6.07) is 1.91. The van der Waals surface area contributed by atoms with Crippen LogP contribution in [-0.4, -0.2) is 20.9 Å². The number of hydrogen-bond acceptors (Lipinski definition) is 2. The molecule has 0 atom stereocenters. The van der Waals surface area contributed by atoms with E-state index >= 15 is 0 Å². The predicted octanol–water partition coefficient (Wildman–Crippen LogP) is 1.61. The summed E-state index contributed by atoms with van der Waals surface area (Å²) in [5, 5.41) is 13.6. The van der Waals surface area contributed by atoms with Crippen LogP contribution >= 0.6 is 0 Å². The van der Waals surface area contributed by atoms with E-state index in [1.165, 1.54) is 0 Å². The lowest BCUT2D eigenvalue weighted by Crippen LogP contribution is -2.30. The molecule has 0 unspecified atom stereocenters. The first-order valence-corrected chi connectivity index (χ1v) is 5.34. The van der Waals surface area contributed by atoms with Gasteiger partial charge in [0, 0.05) is 19.7 Å². The highest BCUT2D eigenvalue weighted by atomic mass is 16.4. The Morgan fingerprint density at radius 2 is 2.27 bits per heavy atom. The SMILES string of the molecule is Cn1ccc(CC2(C(=O)O)CCCC2)n1. The van der Waals surface area contributed by atoms with Gasteiger partial charge in [0.1, 0.15) is 0 Å². The van der Waals surface area contributed by atoms with Crippen LogP contribution in [0.15, 0.2) is 12.3 Å². The van der Waals surface area contributed by atoms with E-state index in [1.807, 2.05) is 19.3 Å². The topological polar surface area (TPSA) is 55.1 Å². The van der Waals surface area contributed by atoms with Crippen molar-refractivity contribution in [1.29, 1.82) is 0 Å². The Morgan fingerprint density at radius 1 is 1.60 bits per heavy atom. The summed E-state index contributed by atoms with van der Waals surface area (Å²) in [6.07, 6.45) is 6.07. The largest absolute Gasteiger partial charge is 0.481 e. The zero-order valence-electron chi connectivity index (χ0n) is 8.94. The van der Waals surface area contributed by atoms with E-state index in [4.69, 9.17) is 0 Å². The summed E-state index contributed by atoms with van der Waals surface area (Å²) in [5.41, 5.74) is 0.343. The van der Waals surface area contributed by atoms with E-state index in [1.54, 1.807) is 4.68 Å². The third-order valence-electron chi connectivity index (χ3n) is 3.30. The molecule has 1 saturated carbocycles. The quantitative estimate of drug-likeness (QED) is 0.821. The van der Waals surface area contributed by atoms with Gasteiger partial charge in [-0.3, -0.25) is 9.48 Å². The van der Waals surface area contributed by atoms with Crippen LogP contribution in [-0.2, 0) is 18.3 Å². The molecular formula is C11H16N2O2. The third kappa shape index (κ3) is 1.89. The molecule has 0 aliphatic heterocycles. The van der Waals surface area contributed by atoms with Crippen LogP contribution in [0.25, 0.3) is 0 Å². The minimum absolute atomic E-state index is 0.547. The molecule has 4 nitrogen and oxygen atoms in total. The fourth-order valence-corrected chi connectivity index (χ4v) is 2.42. The number of nitrogens with zero attached hydrogens (tertiary/aromatic N) is 2. The summed E-state index contributed by atoms with van der Waals surface area (Å²) in [5.74, 6) is -0.661. The fourth-order valence-electron chi connectivity index (χ4n) is 2.42. The summed E-state index contributed by atoms with van der Waals surface area (Å²) in [4.78, 5) is 11.3. The summed E-state index contributed by atoms with van der Waals surface area (Å²) in [6.45, 7) is 0. The number of carboxylic acid groups (broad SMARTS) is 1. The molecule has 0 amide bonds. The fraction of sp³-hybridized carbons (Fsp3) is 0.636. The van der Waals surface area contributed by atoms with Gasteiger partial charge in [-0.2, -0.15) is 5.10 Å². The van der Waals surface area contributed by atoms with E-state index in [0.29, 0.717) is 6.42 Å². The number of carboxylic acids is 1. The second kappa shape index (κ2) is 3.68. The van der Waals surface area contributed by atoms with Crippen molar-refractivity contribution < 1.29 is 9.90 Å². The highest BCUT2D eigenvalue weighted by Crippen LogP contribution is 2.40. The van der Waals surface area contributed by atoms with Crippen LogP contribution in [0.4, 0.5) is 0 Å². The monoisotopic (exact) mass is 208 g/mol. The first-order valence-electron chi connectivity index (χ1n) is 5.34. The minimum Gasteiger partial charge on any atom is -0.481 e. The number of aromatic nitrogens is 2. The molecule has 0 spiro atoms. The lowest BCUT2D eigenvalue weighted by Gasteiger charge is -2.22. The highest BCUT2D eigenvalue weighted by Gasteiger charge is 2.41. The Bertz CT molecular complexity index is 364. The lowest BCUT2D eigenvalue weighted by atomic mass is 9.82. The Balaban J connectivity index is 2.17. The first-order chi connectivity index (χ1) is 7.12. The van der Waals surface area contributed by atoms with Crippen molar-refractivity contribution >= 4 is 5.97 Å². The minimum atomic E-state index is -0.661. The molecule has 15 heavy (non-hydrogen) atoms. The lowest BCUT2D eigenvalue weighted by molar-refractivity contribution is -0.148. The van der Waals surface area contributed by atoms with E-state index < -0.39 is 11.4 Å². The van der Waals surface area contributed by atoms with Gasteiger partial charge < -0.3 is 5.11 Å². The standard InChI is InChI=1S/C11H16N2O2/c1-13-7-4-9(12-13)8-11(10(14)15)5-2-3-6-11/h4,7H,2-3,5-6,8H2,1H3,(H,14,15). The highest BCUT2D eigenvalue weighted by molar-refractivity contribution is 5.75. The zero-order valence-corrected chi connectivity index (χ0v) is 8.94. The van der Waals surface area contributed by atoms with Gasteiger partial charge in [0.2, 0.25) is 0 Å². The van der Waals surface area contributed by atoms with Gasteiger partial charge >= 0.3 is 5.97 Å². The second-order valence-corrected chi connectivity index (χ2v) is 4.45. The molecule has 1 fully saturated rings. The number of rotatable bonds is 3. The number of aryl methyl sites for hydroxylation is 1. The van der Waals surface area contributed by atoms with Crippen molar-refractivity contribution in [1.82, 2.24) is 9.78 Å². The maximum Gasteiger partial charge on any atom is 0.310 e. The predicted molar refractivity (Wildman–Crippen MR) is 55.4 cm³/mol. The normalized spacial score (nSPS) is 19.3. The number of carbonyl (C=O) groups is 1. The Labute approximate surface area is 88.9 Å². The molecule has 0 aromatic carbocycles. The van der Waals surface area contributed by atoms with E-state index in [0.717, 1.165) is 31.4 Å². The second-order valence-electron chi connectivity index (χ2n) is 4.45. The van der Waals surface area contributed by atoms with Crippen molar-refractivity contribution in [3.8, 4) is 0 Å². The van der Waals surface area contributed by atoms with Crippen molar-refractivity contribution in [3.63, 3.8) is 0 Å². The Hall–Kier alpha value is -1.32. The van der Waals surface area contributed by atoms with Crippen LogP contribution in [0.3, 0.4) is 0 Å². The summed E-state index contributed by atoms with van der Waals surface area (Å²) >= 11 is 0. The summed E-state index contributed by atoms with van der Waals surface area (Å²) < 4.78 is 1.72. The molecule has 0 saturated heterocycles. The first kappa shape index (κ1) is 10.2. The molecular weight excluding hydrogens is 192 g/mol. The van der Waals surface area contributed by atoms with Crippen LogP contribution < -0.4 is 0 Å². The van der Waals surface area contributed by atoms with Gasteiger partial charge in [0.05, 0.1) is 11.1 Å². The molecule has 1 aliphatic rings. The van der Waals surface area contributed by atoms with Crippen LogP contribution in [0.1, 0.15) is 31.4 Å². The molecule has 4 heteroatoms. The van der Waals surface area contributed by atoms with Gasteiger partial charge in [-0.1, -0.05) is 12.8 Å². The van der Waals surface area contributed by atoms with Gasteiger partial charge in [-0.15, -0.1) is 0 Å². The van der Waals surface area contributed by atoms with Crippen molar-refractivity contribution in [2.24, 2.45) is 12.5 Å². The average Bonchev–Trinajstić information content (AvgIpc) is 2.77. The third-order valence-corrected chi connectivity index (χ3v) is 3.30. The molecule has 1 N–H and O–H groups in total. The molecule has 1 aromatic rings. The van der Waals surface area contributed by atoms with E-state index in [9.17, 15) is 9.90 Å². The van der Waals surface area contributed by atoms with Crippen LogP contribution in [0, 0.1) is 5.41 Å². The van der Waals surface area contributed by atoms with Gasteiger partial charge in [-0.05, 0) is 18.9 Å². The summed E-state index contributed by atoms with van der Waals surface area (Å²) in [7, 11) is 1.85. The van der Waals surface area contributed by atoms with Crippen molar-refractivity contribution in [3.05, 3.63) is 18.0 Å². The van der Waals surface area contributed by atoms with Crippen molar-refractivity contribution in [2.45, 2.75) is 32.1 Å². The molecule has 2 rings (SSSR count). The molecule has 1 aromatic heterocycles. The van der Waals surface area contributed by atoms with E-state index in [2.05, 4.69) is 5.10 Å². The Morgan fingerprint density at radius 3 is 2.73 bits per heavy atom. The van der Waals surface area contributed by atoms with E-state index in [-0.39, 0.29) is 0 Å². The van der Waals surface area contributed by atoms with Crippen LogP contribution in [0.2, 0.25) is 0 Å². The van der Waals surface area contributed by atoms with Crippen LogP contribution in [0.5, 0.6) is 0 Å². The molecule has 82 valence electrons. The van der Waals surface area contributed by atoms with Gasteiger partial charge in [0.15, 0.2) is 0 Å². The maximum absolute atomic E-state index is 11.3. The Kier molecular flexibility index (Phi) is 2.50. The molecule has 0 bridgehead atoms. The maximum atomic E-state index is 11.3. The molecule has 0 radical (unpaired) electrons. The van der Waals surface area contributed by atoms with Crippen molar-refractivity contribution in [2.75, 3.05) is 0 Å². The van der Waals surface area contributed by atoms with Gasteiger partial charge in [0.25, 0.3) is 0 Å². The van der Waals surface area contributed by atoms with Gasteiger partial charge in [-0.25, -0.2) is 0 Å².